The lowest BCUT2D eigenvalue weighted by atomic mass is 9.85. The molecule has 0 saturated heterocycles. The summed E-state index contributed by atoms with van der Waals surface area (Å²) in [5, 5.41) is 2.60. The lowest BCUT2D eigenvalue weighted by molar-refractivity contribution is -0.182. The first-order valence-corrected chi connectivity index (χ1v) is 5.39. The van der Waals surface area contributed by atoms with Crippen molar-refractivity contribution in [3.8, 4) is 0 Å². The Balaban J connectivity index is 2.33. The van der Waals surface area contributed by atoms with Crippen LogP contribution in [0.3, 0.4) is 0 Å². The molecule has 88 valence electrons. The molecule has 0 bridgehead atoms. The molecule has 1 saturated carbocycles. The Bertz CT molecular complexity index is 224. The van der Waals surface area contributed by atoms with Gasteiger partial charge in [-0.1, -0.05) is 0 Å². The van der Waals surface area contributed by atoms with Gasteiger partial charge in [0.15, 0.2) is 0 Å². The lowest BCUT2D eigenvalue weighted by Crippen LogP contribution is -2.40. The topological polar surface area (TPSA) is 29.1 Å². The highest BCUT2D eigenvalue weighted by atomic mass is 35.5. The molecule has 0 heterocycles. The van der Waals surface area contributed by atoms with Crippen LogP contribution in [0.15, 0.2) is 0 Å². The summed E-state index contributed by atoms with van der Waals surface area (Å²) in [7, 11) is 0. The SMILES string of the molecule is O=C(CCl)NC1CCC(C(F)(F)F)CC1. The number of carbonyl (C=O) groups excluding carboxylic acids is 1. The number of hydrogen-bond acceptors (Lipinski definition) is 1. The van der Waals surface area contributed by atoms with Crippen molar-refractivity contribution >= 4 is 17.5 Å². The van der Waals surface area contributed by atoms with E-state index in [9.17, 15) is 18.0 Å². The zero-order chi connectivity index (χ0) is 11.5. The van der Waals surface area contributed by atoms with E-state index in [4.69, 9.17) is 11.6 Å². The molecule has 0 unspecified atom stereocenters. The first-order valence-electron chi connectivity index (χ1n) is 4.85. The number of rotatable bonds is 2. The largest absolute Gasteiger partial charge is 0.391 e. The summed E-state index contributed by atoms with van der Waals surface area (Å²) in [6.07, 6.45) is -3.14. The highest BCUT2D eigenvalue weighted by Crippen LogP contribution is 2.37. The van der Waals surface area contributed by atoms with Gasteiger partial charge in [0.05, 0.1) is 5.92 Å². The smallest absolute Gasteiger partial charge is 0.352 e. The van der Waals surface area contributed by atoms with E-state index in [0.29, 0.717) is 12.8 Å². The van der Waals surface area contributed by atoms with Gasteiger partial charge in [-0.25, -0.2) is 0 Å². The molecule has 0 aromatic heterocycles. The summed E-state index contributed by atoms with van der Waals surface area (Å²) in [6, 6.07) is -0.144. The third-order valence-electron chi connectivity index (χ3n) is 2.68. The van der Waals surface area contributed by atoms with Crippen LogP contribution in [0.1, 0.15) is 25.7 Å². The summed E-state index contributed by atoms with van der Waals surface area (Å²) < 4.78 is 36.9. The minimum Gasteiger partial charge on any atom is -0.352 e. The molecular weight excluding hydrogens is 231 g/mol. The third kappa shape index (κ3) is 3.89. The molecule has 15 heavy (non-hydrogen) atoms. The molecule has 0 aromatic rings. The average molecular weight is 244 g/mol. The quantitative estimate of drug-likeness (QED) is 0.742. The average Bonchev–Trinajstić information content (AvgIpc) is 2.17. The van der Waals surface area contributed by atoms with E-state index in [1.165, 1.54) is 0 Å². The van der Waals surface area contributed by atoms with Crippen molar-refractivity contribution in [1.29, 1.82) is 0 Å². The minimum atomic E-state index is -4.10. The molecule has 0 spiro atoms. The third-order valence-corrected chi connectivity index (χ3v) is 2.92. The second kappa shape index (κ2) is 5.05. The Morgan fingerprint density at radius 1 is 1.27 bits per heavy atom. The molecule has 0 atom stereocenters. The molecule has 2 nitrogen and oxygen atoms in total. The number of carbonyl (C=O) groups is 1. The Morgan fingerprint density at radius 3 is 2.20 bits per heavy atom. The number of hydrogen-bond donors (Lipinski definition) is 1. The normalized spacial score (nSPS) is 27.5. The van der Waals surface area contributed by atoms with Crippen molar-refractivity contribution in [1.82, 2.24) is 5.32 Å². The Morgan fingerprint density at radius 2 is 1.80 bits per heavy atom. The molecule has 1 N–H and O–H groups in total. The molecule has 6 heteroatoms. The molecule has 1 amide bonds. The van der Waals surface area contributed by atoms with E-state index in [1.807, 2.05) is 0 Å². The molecular formula is C9H13ClF3NO. The first-order chi connectivity index (χ1) is 6.93. The predicted octanol–water partition coefficient (Wildman–Crippen LogP) is 2.46. The molecule has 1 fully saturated rings. The zero-order valence-electron chi connectivity index (χ0n) is 8.11. The van der Waals surface area contributed by atoms with Gasteiger partial charge in [0.25, 0.3) is 0 Å². The Kier molecular flexibility index (Phi) is 4.25. The van der Waals surface area contributed by atoms with E-state index >= 15 is 0 Å². The van der Waals surface area contributed by atoms with Crippen LogP contribution in [0.2, 0.25) is 0 Å². The van der Waals surface area contributed by atoms with Gasteiger partial charge in [0.1, 0.15) is 5.88 Å². The predicted molar refractivity (Wildman–Crippen MR) is 50.7 cm³/mol. The standard InChI is InChI=1S/C9H13ClF3NO/c10-5-8(15)14-7-3-1-6(2-4-7)9(11,12)13/h6-7H,1-5H2,(H,14,15). The first kappa shape index (κ1) is 12.6. The van der Waals surface area contributed by atoms with Crippen LogP contribution in [0.25, 0.3) is 0 Å². The zero-order valence-corrected chi connectivity index (χ0v) is 8.87. The van der Waals surface area contributed by atoms with E-state index < -0.39 is 12.1 Å². The van der Waals surface area contributed by atoms with Crippen molar-refractivity contribution in [2.24, 2.45) is 5.92 Å². The van der Waals surface area contributed by atoms with Crippen LogP contribution in [-0.2, 0) is 4.79 Å². The maximum Gasteiger partial charge on any atom is 0.391 e. The molecule has 0 aromatic carbocycles. The van der Waals surface area contributed by atoms with Crippen molar-refractivity contribution in [2.45, 2.75) is 37.9 Å². The van der Waals surface area contributed by atoms with E-state index in [-0.39, 0.29) is 30.7 Å². The number of amides is 1. The number of alkyl halides is 4. The fraction of sp³-hybridized carbons (Fsp3) is 0.889. The second-order valence-electron chi connectivity index (χ2n) is 3.79. The van der Waals surface area contributed by atoms with Crippen LogP contribution in [0, 0.1) is 5.92 Å². The van der Waals surface area contributed by atoms with Gasteiger partial charge in [-0.05, 0) is 25.7 Å². The van der Waals surface area contributed by atoms with Gasteiger partial charge in [0, 0.05) is 6.04 Å². The highest BCUT2D eigenvalue weighted by Gasteiger charge is 2.41. The van der Waals surface area contributed by atoms with Crippen LogP contribution < -0.4 is 5.32 Å². The maximum atomic E-state index is 12.3. The maximum absolute atomic E-state index is 12.3. The second-order valence-corrected chi connectivity index (χ2v) is 4.06. The van der Waals surface area contributed by atoms with Crippen molar-refractivity contribution in [2.75, 3.05) is 5.88 Å². The fourth-order valence-electron chi connectivity index (χ4n) is 1.83. The fourth-order valence-corrected chi connectivity index (χ4v) is 1.91. The van der Waals surface area contributed by atoms with Crippen LogP contribution in [0.5, 0.6) is 0 Å². The van der Waals surface area contributed by atoms with E-state index in [0.717, 1.165) is 0 Å². The van der Waals surface area contributed by atoms with Crippen molar-refractivity contribution in [3.63, 3.8) is 0 Å². The summed E-state index contributed by atoms with van der Waals surface area (Å²) in [5.74, 6) is -1.66. The van der Waals surface area contributed by atoms with Crippen LogP contribution in [0.4, 0.5) is 13.2 Å². The van der Waals surface area contributed by atoms with Gasteiger partial charge in [0.2, 0.25) is 5.91 Å². The van der Waals surface area contributed by atoms with Gasteiger partial charge in [-0.15, -0.1) is 11.6 Å². The van der Waals surface area contributed by atoms with E-state index in [1.54, 1.807) is 0 Å². The minimum absolute atomic E-state index is 0.0940. The Labute approximate surface area is 91.2 Å². The molecule has 0 radical (unpaired) electrons. The lowest BCUT2D eigenvalue weighted by Gasteiger charge is -2.30. The Hall–Kier alpha value is -0.450. The number of halogens is 4. The van der Waals surface area contributed by atoms with Crippen LogP contribution >= 0.6 is 11.6 Å². The molecule has 1 aliphatic rings. The van der Waals surface area contributed by atoms with Gasteiger partial charge < -0.3 is 5.32 Å². The summed E-state index contributed by atoms with van der Waals surface area (Å²) in [5.41, 5.74) is 0. The summed E-state index contributed by atoms with van der Waals surface area (Å²) in [4.78, 5) is 10.9. The van der Waals surface area contributed by atoms with Crippen molar-refractivity contribution < 1.29 is 18.0 Å². The van der Waals surface area contributed by atoms with Crippen molar-refractivity contribution in [3.05, 3.63) is 0 Å². The van der Waals surface area contributed by atoms with Gasteiger partial charge >= 0.3 is 6.18 Å². The van der Waals surface area contributed by atoms with Gasteiger partial charge in [-0.3, -0.25) is 4.79 Å². The number of nitrogens with one attached hydrogen (secondary N) is 1. The molecule has 1 aliphatic carbocycles. The molecule has 0 aliphatic heterocycles. The monoisotopic (exact) mass is 243 g/mol. The van der Waals surface area contributed by atoms with Gasteiger partial charge in [-0.2, -0.15) is 13.2 Å². The summed E-state index contributed by atoms with van der Waals surface area (Å²) >= 11 is 5.28. The van der Waals surface area contributed by atoms with Crippen LogP contribution in [-0.4, -0.2) is 24.0 Å². The van der Waals surface area contributed by atoms with E-state index in [2.05, 4.69) is 5.32 Å². The summed E-state index contributed by atoms with van der Waals surface area (Å²) in [6.45, 7) is 0. The molecule has 1 rings (SSSR count). The highest BCUT2D eigenvalue weighted by molar-refractivity contribution is 6.27.